The zero-order chi connectivity index (χ0) is 24.6. The standard InChI is InChI=1S/C28H35N3O3/c1-28(2,3)34-27(33)30-25(19-22-14-15-23-12-8-9-13-24(23)18-22)20-31(26(32)29-4)17-16-21-10-6-5-7-11-21/h5-15,18,25H,16-17,19-20H2,1-4H3,(H,29,32)(H,30,33)/t25-/m1/s1. The third-order valence-electron chi connectivity index (χ3n) is 5.47. The first-order chi connectivity index (χ1) is 16.2. The number of ether oxygens (including phenoxy) is 1. The van der Waals surface area contributed by atoms with E-state index in [4.69, 9.17) is 4.74 Å². The molecule has 0 saturated carbocycles. The van der Waals surface area contributed by atoms with Gasteiger partial charge in [0.05, 0.1) is 6.04 Å². The van der Waals surface area contributed by atoms with Gasteiger partial charge in [-0.3, -0.25) is 0 Å². The van der Waals surface area contributed by atoms with E-state index >= 15 is 0 Å². The predicted octanol–water partition coefficient (Wildman–Crippen LogP) is 5.16. The fourth-order valence-electron chi connectivity index (χ4n) is 3.89. The first-order valence-corrected chi connectivity index (χ1v) is 11.7. The molecule has 0 aliphatic rings. The third-order valence-corrected chi connectivity index (χ3v) is 5.47. The van der Waals surface area contributed by atoms with E-state index in [0.29, 0.717) is 19.5 Å². The number of alkyl carbamates (subject to hydrolysis) is 1. The highest BCUT2D eigenvalue weighted by molar-refractivity contribution is 5.83. The zero-order valence-electron chi connectivity index (χ0n) is 20.5. The number of carbonyl (C=O) groups excluding carboxylic acids is 2. The minimum atomic E-state index is -0.606. The molecule has 3 rings (SSSR count). The third kappa shape index (κ3) is 7.80. The molecule has 0 fully saturated rings. The van der Waals surface area contributed by atoms with Crippen LogP contribution in [-0.2, 0) is 17.6 Å². The van der Waals surface area contributed by atoms with Crippen LogP contribution in [-0.4, -0.2) is 48.8 Å². The van der Waals surface area contributed by atoms with Crippen molar-refractivity contribution in [3.8, 4) is 0 Å². The number of amides is 3. The van der Waals surface area contributed by atoms with Gasteiger partial charge in [-0.15, -0.1) is 0 Å². The Labute approximate surface area is 202 Å². The smallest absolute Gasteiger partial charge is 0.407 e. The molecule has 180 valence electrons. The second-order valence-electron chi connectivity index (χ2n) is 9.47. The molecule has 6 nitrogen and oxygen atoms in total. The number of fused-ring (bicyclic) bond motifs is 1. The lowest BCUT2D eigenvalue weighted by atomic mass is 10.0. The molecule has 1 atom stereocenters. The Hall–Kier alpha value is -3.54. The van der Waals surface area contributed by atoms with Gasteiger partial charge < -0.3 is 20.3 Å². The maximum atomic E-state index is 12.7. The van der Waals surface area contributed by atoms with Crippen molar-refractivity contribution in [3.63, 3.8) is 0 Å². The van der Waals surface area contributed by atoms with Crippen LogP contribution in [0.1, 0.15) is 31.9 Å². The van der Waals surface area contributed by atoms with Crippen LogP contribution in [0.15, 0.2) is 72.8 Å². The largest absolute Gasteiger partial charge is 0.444 e. The van der Waals surface area contributed by atoms with E-state index in [-0.39, 0.29) is 12.1 Å². The van der Waals surface area contributed by atoms with Gasteiger partial charge in [-0.2, -0.15) is 0 Å². The molecule has 2 N–H and O–H groups in total. The first-order valence-electron chi connectivity index (χ1n) is 11.7. The minimum absolute atomic E-state index is 0.176. The fourth-order valence-corrected chi connectivity index (χ4v) is 3.89. The first kappa shape index (κ1) is 25.1. The normalized spacial score (nSPS) is 12.1. The summed E-state index contributed by atoms with van der Waals surface area (Å²) in [5.74, 6) is 0. The number of rotatable bonds is 8. The van der Waals surface area contributed by atoms with Gasteiger partial charge in [0.15, 0.2) is 0 Å². The number of hydrogen-bond donors (Lipinski definition) is 2. The van der Waals surface area contributed by atoms with E-state index < -0.39 is 11.7 Å². The van der Waals surface area contributed by atoms with Crippen LogP contribution in [0.4, 0.5) is 9.59 Å². The molecule has 3 aromatic rings. The van der Waals surface area contributed by atoms with Crippen LogP contribution in [0.2, 0.25) is 0 Å². The van der Waals surface area contributed by atoms with E-state index in [0.717, 1.165) is 28.3 Å². The number of nitrogens with one attached hydrogen (secondary N) is 2. The van der Waals surface area contributed by atoms with Crippen molar-refractivity contribution in [3.05, 3.63) is 83.9 Å². The topological polar surface area (TPSA) is 70.7 Å². The molecular weight excluding hydrogens is 426 g/mol. The van der Waals surface area contributed by atoms with Crippen LogP contribution in [0, 0.1) is 0 Å². The van der Waals surface area contributed by atoms with E-state index in [9.17, 15) is 9.59 Å². The van der Waals surface area contributed by atoms with Crippen molar-refractivity contribution < 1.29 is 14.3 Å². The Balaban J connectivity index is 1.78. The van der Waals surface area contributed by atoms with Gasteiger partial charge in [0, 0.05) is 20.1 Å². The van der Waals surface area contributed by atoms with Gasteiger partial charge in [-0.05, 0) is 55.5 Å². The predicted molar refractivity (Wildman–Crippen MR) is 137 cm³/mol. The van der Waals surface area contributed by atoms with Gasteiger partial charge in [-0.25, -0.2) is 9.59 Å². The molecule has 0 aliphatic carbocycles. The Morgan fingerprint density at radius 2 is 1.59 bits per heavy atom. The van der Waals surface area contributed by atoms with E-state index in [2.05, 4.69) is 41.0 Å². The summed E-state index contributed by atoms with van der Waals surface area (Å²) in [4.78, 5) is 27.0. The van der Waals surface area contributed by atoms with Gasteiger partial charge in [-0.1, -0.05) is 72.8 Å². The minimum Gasteiger partial charge on any atom is -0.444 e. The Morgan fingerprint density at radius 1 is 0.912 bits per heavy atom. The average molecular weight is 462 g/mol. The summed E-state index contributed by atoms with van der Waals surface area (Å²) in [6.07, 6.45) is 0.810. The molecule has 0 heterocycles. The number of nitrogens with zero attached hydrogens (tertiary/aromatic N) is 1. The quantitative estimate of drug-likeness (QED) is 0.487. The Morgan fingerprint density at radius 3 is 2.26 bits per heavy atom. The molecule has 0 spiro atoms. The van der Waals surface area contributed by atoms with Crippen LogP contribution >= 0.6 is 0 Å². The van der Waals surface area contributed by atoms with E-state index in [1.807, 2.05) is 63.2 Å². The summed E-state index contributed by atoms with van der Waals surface area (Å²) in [7, 11) is 1.62. The summed E-state index contributed by atoms with van der Waals surface area (Å²) in [5.41, 5.74) is 1.63. The maximum absolute atomic E-state index is 12.7. The van der Waals surface area contributed by atoms with Gasteiger partial charge in [0.1, 0.15) is 5.60 Å². The van der Waals surface area contributed by atoms with Crippen molar-refractivity contribution in [1.29, 1.82) is 0 Å². The number of urea groups is 1. The van der Waals surface area contributed by atoms with Crippen molar-refractivity contribution in [2.45, 2.75) is 45.3 Å². The second kappa shape index (κ2) is 11.5. The highest BCUT2D eigenvalue weighted by atomic mass is 16.6. The molecule has 0 bridgehead atoms. The lowest BCUT2D eigenvalue weighted by molar-refractivity contribution is 0.0494. The monoisotopic (exact) mass is 461 g/mol. The lowest BCUT2D eigenvalue weighted by Crippen LogP contribution is -2.50. The highest BCUT2D eigenvalue weighted by Gasteiger charge is 2.23. The van der Waals surface area contributed by atoms with Crippen molar-refractivity contribution in [2.75, 3.05) is 20.1 Å². The summed E-state index contributed by atoms with van der Waals surface area (Å²) in [5, 5.41) is 8.03. The maximum Gasteiger partial charge on any atom is 0.407 e. The number of benzene rings is 3. The molecule has 0 aliphatic heterocycles. The van der Waals surface area contributed by atoms with Gasteiger partial charge >= 0.3 is 12.1 Å². The molecule has 0 aromatic heterocycles. The molecule has 3 aromatic carbocycles. The summed E-state index contributed by atoms with van der Waals surface area (Å²) in [6.45, 7) is 6.40. The highest BCUT2D eigenvalue weighted by Crippen LogP contribution is 2.17. The van der Waals surface area contributed by atoms with Gasteiger partial charge in [0.2, 0.25) is 0 Å². The van der Waals surface area contributed by atoms with Crippen molar-refractivity contribution in [2.24, 2.45) is 0 Å². The molecule has 0 unspecified atom stereocenters. The molecule has 3 amide bonds. The van der Waals surface area contributed by atoms with Crippen LogP contribution in [0.25, 0.3) is 10.8 Å². The molecule has 6 heteroatoms. The SMILES string of the molecule is CNC(=O)N(CCc1ccccc1)C[C@@H](Cc1ccc2ccccc2c1)NC(=O)OC(C)(C)C. The summed E-state index contributed by atoms with van der Waals surface area (Å²) < 4.78 is 5.50. The molecular formula is C28H35N3O3. The molecule has 0 radical (unpaired) electrons. The van der Waals surface area contributed by atoms with E-state index in [1.165, 1.54) is 0 Å². The number of hydrogen-bond acceptors (Lipinski definition) is 3. The van der Waals surface area contributed by atoms with Crippen LogP contribution in [0.5, 0.6) is 0 Å². The molecule has 34 heavy (non-hydrogen) atoms. The van der Waals surface area contributed by atoms with Gasteiger partial charge in [0.25, 0.3) is 0 Å². The number of carbonyl (C=O) groups is 2. The fraction of sp³-hybridized carbons (Fsp3) is 0.357. The van der Waals surface area contributed by atoms with Crippen LogP contribution in [0.3, 0.4) is 0 Å². The van der Waals surface area contributed by atoms with E-state index in [1.54, 1.807) is 11.9 Å². The summed E-state index contributed by atoms with van der Waals surface area (Å²) in [6, 6.07) is 24.0. The zero-order valence-corrected chi connectivity index (χ0v) is 20.5. The Bertz CT molecular complexity index is 1090. The summed E-state index contributed by atoms with van der Waals surface area (Å²) >= 11 is 0. The van der Waals surface area contributed by atoms with Crippen LogP contribution < -0.4 is 10.6 Å². The molecule has 0 saturated heterocycles. The lowest BCUT2D eigenvalue weighted by Gasteiger charge is -2.29. The average Bonchev–Trinajstić information content (AvgIpc) is 2.80. The van der Waals surface area contributed by atoms with Crippen molar-refractivity contribution in [1.82, 2.24) is 15.5 Å². The van der Waals surface area contributed by atoms with Crippen molar-refractivity contribution >= 4 is 22.9 Å². The second-order valence-corrected chi connectivity index (χ2v) is 9.47. The Kier molecular flexibility index (Phi) is 8.52.